The van der Waals surface area contributed by atoms with Gasteiger partial charge >= 0.3 is 11.9 Å². The van der Waals surface area contributed by atoms with E-state index in [1.165, 1.54) is 0 Å². The van der Waals surface area contributed by atoms with Gasteiger partial charge in [-0.3, -0.25) is 9.59 Å². The van der Waals surface area contributed by atoms with Gasteiger partial charge in [-0.25, -0.2) is 0 Å². The van der Waals surface area contributed by atoms with Crippen LogP contribution in [0.15, 0.2) is 97.1 Å². The summed E-state index contributed by atoms with van der Waals surface area (Å²) in [6.07, 6.45) is 0. The predicted octanol–water partition coefficient (Wildman–Crippen LogP) is 9.16. The zero-order valence-corrected chi connectivity index (χ0v) is 25.7. The average molecular weight is 626 g/mol. The molecule has 6 aromatic rings. The second-order valence-electron chi connectivity index (χ2n) is 10.4. The molecule has 6 nitrogen and oxygen atoms in total. The van der Waals surface area contributed by atoms with Crippen LogP contribution in [0.5, 0.6) is 0 Å². The van der Waals surface area contributed by atoms with Gasteiger partial charge in [0.1, 0.15) is 0 Å². The largest absolute Gasteiger partial charge is 0.465 e. The van der Waals surface area contributed by atoms with Crippen molar-refractivity contribution in [2.45, 2.75) is 19.8 Å². The second-order valence-corrected chi connectivity index (χ2v) is 11.3. The molecule has 0 saturated carbocycles. The first-order valence-electron chi connectivity index (χ1n) is 14.5. The van der Waals surface area contributed by atoms with Crippen molar-refractivity contribution in [3.05, 3.63) is 118 Å². The third-order valence-corrected chi connectivity index (χ3v) is 8.30. The lowest BCUT2D eigenvalue weighted by Crippen LogP contribution is -2.34. The number of esters is 2. The first kappa shape index (κ1) is 29.5. The number of aromatic amines is 2. The Bertz CT molecular complexity index is 1820. The van der Waals surface area contributed by atoms with Crippen molar-refractivity contribution < 1.29 is 19.1 Å². The Balaban J connectivity index is 1.76. The lowest BCUT2D eigenvalue weighted by Gasteiger charge is -2.27. The third kappa shape index (κ3) is 5.47. The van der Waals surface area contributed by atoms with Gasteiger partial charge in [-0.05, 0) is 72.5 Å². The van der Waals surface area contributed by atoms with Gasteiger partial charge in [0.15, 0.2) is 5.92 Å². The van der Waals surface area contributed by atoms with Gasteiger partial charge in [0.25, 0.3) is 0 Å². The van der Waals surface area contributed by atoms with Crippen LogP contribution in [0.2, 0.25) is 10.0 Å². The number of halogens is 2. The van der Waals surface area contributed by atoms with Gasteiger partial charge in [-0.15, -0.1) is 0 Å². The number of hydrogen-bond donors (Lipinski definition) is 2. The Morgan fingerprint density at radius 2 is 1.00 bits per heavy atom. The van der Waals surface area contributed by atoms with Crippen LogP contribution >= 0.6 is 23.2 Å². The van der Waals surface area contributed by atoms with Gasteiger partial charge in [0, 0.05) is 37.8 Å². The van der Waals surface area contributed by atoms with E-state index >= 15 is 0 Å². The van der Waals surface area contributed by atoms with Gasteiger partial charge in [0.05, 0.1) is 24.6 Å². The SMILES string of the molecule is CCOC(=O)C(C(=O)OCC)C(c1c(-c2ccc(Cl)cc2)[nH]c2ccccc12)c1c(-c2ccc(Cl)cc2)[nH]c2ccccc12. The highest BCUT2D eigenvalue weighted by Crippen LogP contribution is 2.48. The smallest absolute Gasteiger partial charge is 0.321 e. The summed E-state index contributed by atoms with van der Waals surface area (Å²) >= 11 is 12.6. The van der Waals surface area contributed by atoms with Crippen LogP contribution in [0.1, 0.15) is 30.9 Å². The van der Waals surface area contributed by atoms with Gasteiger partial charge < -0.3 is 19.4 Å². The van der Waals surface area contributed by atoms with Gasteiger partial charge in [0.2, 0.25) is 0 Å². The summed E-state index contributed by atoms with van der Waals surface area (Å²) in [7, 11) is 0. The molecule has 2 N–H and O–H groups in total. The molecule has 2 heterocycles. The summed E-state index contributed by atoms with van der Waals surface area (Å²) in [4.78, 5) is 35.1. The molecular formula is C36H30Cl2N2O4. The highest BCUT2D eigenvalue weighted by molar-refractivity contribution is 6.31. The van der Waals surface area contributed by atoms with Crippen molar-refractivity contribution in [3.8, 4) is 22.5 Å². The van der Waals surface area contributed by atoms with Crippen molar-refractivity contribution in [3.63, 3.8) is 0 Å². The minimum atomic E-state index is -1.31. The Kier molecular flexibility index (Phi) is 8.47. The molecule has 0 aliphatic rings. The van der Waals surface area contributed by atoms with Crippen molar-refractivity contribution in [1.29, 1.82) is 0 Å². The summed E-state index contributed by atoms with van der Waals surface area (Å²) in [6.45, 7) is 3.67. The minimum absolute atomic E-state index is 0.108. The van der Waals surface area contributed by atoms with Crippen LogP contribution in [0.25, 0.3) is 44.3 Å². The molecule has 4 aromatic carbocycles. The molecule has 0 saturated heterocycles. The molecule has 2 aromatic heterocycles. The lowest BCUT2D eigenvalue weighted by molar-refractivity contribution is -0.162. The lowest BCUT2D eigenvalue weighted by atomic mass is 9.76. The molecule has 0 atom stereocenters. The first-order valence-corrected chi connectivity index (χ1v) is 15.2. The number of carbonyl (C=O) groups is 2. The van der Waals surface area contributed by atoms with Gasteiger partial charge in [-0.1, -0.05) is 83.9 Å². The quantitative estimate of drug-likeness (QED) is 0.124. The van der Waals surface area contributed by atoms with E-state index in [4.69, 9.17) is 32.7 Å². The van der Waals surface area contributed by atoms with Gasteiger partial charge in [-0.2, -0.15) is 0 Å². The van der Waals surface area contributed by atoms with Crippen LogP contribution in [0.4, 0.5) is 0 Å². The number of ether oxygens (including phenoxy) is 2. The van der Waals surface area contributed by atoms with E-state index in [2.05, 4.69) is 9.97 Å². The van der Waals surface area contributed by atoms with Crippen molar-refractivity contribution >= 4 is 56.9 Å². The molecule has 0 bridgehead atoms. The molecule has 0 amide bonds. The molecule has 0 aliphatic carbocycles. The van der Waals surface area contributed by atoms with Crippen LogP contribution in [0.3, 0.4) is 0 Å². The molecular weight excluding hydrogens is 595 g/mol. The molecule has 8 heteroatoms. The topological polar surface area (TPSA) is 84.2 Å². The van der Waals surface area contributed by atoms with E-state index in [1.807, 2.05) is 97.1 Å². The average Bonchev–Trinajstić information content (AvgIpc) is 3.60. The molecule has 0 aliphatic heterocycles. The molecule has 44 heavy (non-hydrogen) atoms. The van der Waals surface area contributed by atoms with Crippen LogP contribution < -0.4 is 0 Å². The van der Waals surface area contributed by atoms with Crippen molar-refractivity contribution in [2.24, 2.45) is 5.92 Å². The highest BCUT2D eigenvalue weighted by atomic mass is 35.5. The number of para-hydroxylation sites is 2. The predicted molar refractivity (Wildman–Crippen MR) is 176 cm³/mol. The number of hydrogen-bond acceptors (Lipinski definition) is 4. The fourth-order valence-electron chi connectivity index (χ4n) is 5.97. The number of rotatable bonds is 9. The summed E-state index contributed by atoms with van der Waals surface area (Å²) < 4.78 is 11.2. The highest BCUT2D eigenvalue weighted by Gasteiger charge is 2.44. The third-order valence-electron chi connectivity index (χ3n) is 7.79. The summed E-state index contributed by atoms with van der Waals surface area (Å²) in [5.41, 5.74) is 6.49. The fraction of sp³-hybridized carbons (Fsp3) is 0.167. The number of fused-ring (bicyclic) bond motifs is 2. The molecule has 0 spiro atoms. The van der Waals surface area contributed by atoms with Crippen molar-refractivity contribution in [2.75, 3.05) is 13.2 Å². The fourth-order valence-corrected chi connectivity index (χ4v) is 6.22. The Morgan fingerprint density at radius 3 is 1.39 bits per heavy atom. The maximum Gasteiger partial charge on any atom is 0.321 e. The van der Waals surface area contributed by atoms with E-state index < -0.39 is 23.8 Å². The Morgan fingerprint density at radius 1 is 0.614 bits per heavy atom. The molecule has 0 radical (unpaired) electrons. The maximum atomic E-state index is 14.0. The van der Waals surface area contributed by atoms with Crippen molar-refractivity contribution in [1.82, 2.24) is 9.97 Å². The van der Waals surface area contributed by atoms with E-state index in [1.54, 1.807) is 13.8 Å². The van der Waals surface area contributed by atoms with E-state index in [0.717, 1.165) is 55.4 Å². The van der Waals surface area contributed by atoms with Crippen LogP contribution in [-0.4, -0.2) is 35.1 Å². The number of carbonyl (C=O) groups excluding carboxylic acids is 2. The van der Waals surface area contributed by atoms with Crippen LogP contribution in [0, 0.1) is 5.92 Å². The Labute approximate surface area is 264 Å². The minimum Gasteiger partial charge on any atom is -0.465 e. The zero-order chi connectivity index (χ0) is 30.8. The first-order chi connectivity index (χ1) is 21.4. The summed E-state index contributed by atoms with van der Waals surface area (Å²) in [5, 5.41) is 2.93. The normalized spacial score (nSPS) is 11.5. The molecule has 222 valence electrons. The number of benzene rings is 4. The monoisotopic (exact) mass is 624 g/mol. The van der Waals surface area contributed by atoms with Crippen LogP contribution in [-0.2, 0) is 19.1 Å². The van der Waals surface area contributed by atoms with E-state index in [-0.39, 0.29) is 13.2 Å². The number of nitrogens with one attached hydrogen (secondary N) is 2. The summed E-state index contributed by atoms with van der Waals surface area (Å²) in [5.74, 6) is -3.45. The molecule has 0 fully saturated rings. The van der Waals surface area contributed by atoms with E-state index in [9.17, 15) is 9.59 Å². The standard InChI is InChI=1S/C36H30Cl2N2O4/c1-3-43-35(41)32(36(42)44-4-2)31(29-25-9-5-7-11-27(25)39-33(29)21-13-17-23(37)18-14-21)30-26-10-6-8-12-28(26)40-34(30)22-15-19-24(38)20-16-22/h5-20,31-32,39-40H,3-4H2,1-2H3. The Hall–Kier alpha value is -4.52. The van der Waals surface area contributed by atoms with E-state index in [0.29, 0.717) is 10.0 Å². The molecule has 6 rings (SSSR count). The second kappa shape index (κ2) is 12.6. The number of aromatic nitrogens is 2. The number of H-pyrrole nitrogens is 2. The molecule has 0 unspecified atom stereocenters. The zero-order valence-electron chi connectivity index (χ0n) is 24.2. The maximum absolute atomic E-state index is 14.0. The summed E-state index contributed by atoms with van der Waals surface area (Å²) in [6, 6.07) is 30.7.